The van der Waals surface area contributed by atoms with E-state index >= 15 is 0 Å². The van der Waals surface area contributed by atoms with Gasteiger partial charge < -0.3 is 15.4 Å². The minimum absolute atomic E-state index is 0.267. The van der Waals surface area contributed by atoms with Gasteiger partial charge >= 0.3 is 0 Å². The molecule has 2 N–H and O–H groups in total. The molecule has 18 heavy (non-hydrogen) atoms. The molecule has 1 saturated heterocycles. The van der Waals surface area contributed by atoms with Gasteiger partial charge in [-0.2, -0.15) is 9.97 Å². The van der Waals surface area contributed by atoms with Crippen molar-refractivity contribution >= 4 is 11.8 Å². The van der Waals surface area contributed by atoms with Crippen molar-refractivity contribution in [1.82, 2.24) is 9.97 Å². The van der Waals surface area contributed by atoms with Crippen LogP contribution in [-0.2, 0) is 0 Å². The highest BCUT2D eigenvalue weighted by molar-refractivity contribution is 5.46. The van der Waals surface area contributed by atoms with Crippen LogP contribution in [0.15, 0.2) is 6.07 Å². The summed E-state index contributed by atoms with van der Waals surface area (Å²) in [4.78, 5) is 10.6. The lowest BCUT2D eigenvalue weighted by molar-refractivity contribution is 0.263. The van der Waals surface area contributed by atoms with E-state index in [-0.39, 0.29) is 5.95 Å². The molecule has 1 atom stereocenters. The summed E-state index contributed by atoms with van der Waals surface area (Å²) in [5.41, 5.74) is 6.02. The Morgan fingerprint density at radius 1 is 1.39 bits per heavy atom. The molecule has 1 aromatic rings. The molecule has 0 aliphatic carbocycles. The third-order valence-corrected chi connectivity index (χ3v) is 3.65. The molecular formula is C13H22N4O. The second kappa shape index (κ2) is 4.63. The van der Waals surface area contributed by atoms with Crippen LogP contribution in [0.4, 0.5) is 11.8 Å². The molecule has 2 rings (SSSR count). The van der Waals surface area contributed by atoms with Crippen LogP contribution in [0.25, 0.3) is 0 Å². The van der Waals surface area contributed by atoms with Crippen LogP contribution in [0.5, 0.6) is 5.88 Å². The maximum atomic E-state index is 5.69. The molecule has 5 heteroatoms. The molecule has 5 nitrogen and oxygen atoms in total. The largest absolute Gasteiger partial charge is 0.481 e. The molecular weight excluding hydrogens is 228 g/mol. The van der Waals surface area contributed by atoms with Crippen molar-refractivity contribution in [2.45, 2.75) is 27.2 Å². The molecule has 1 aliphatic heterocycles. The normalized spacial score (nSPS) is 20.2. The van der Waals surface area contributed by atoms with E-state index in [1.165, 1.54) is 6.42 Å². The lowest BCUT2D eigenvalue weighted by Gasteiger charge is -2.27. The minimum Gasteiger partial charge on any atom is -0.481 e. The molecule has 2 heterocycles. The zero-order valence-corrected chi connectivity index (χ0v) is 11.6. The third-order valence-electron chi connectivity index (χ3n) is 3.65. The van der Waals surface area contributed by atoms with E-state index in [9.17, 15) is 0 Å². The lowest BCUT2D eigenvalue weighted by atomic mass is 9.80. The maximum absolute atomic E-state index is 5.69. The van der Waals surface area contributed by atoms with Gasteiger partial charge in [0.2, 0.25) is 11.8 Å². The van der Waals surface area contributed by atoms with Gasteiger partial charge in [-0.05, 0) is 17.8 Å². The summed E-state index contributed by atoms with van der Waals surface area (Å²) in [5.74, 6) is 2.34. The van der Waals surface area contributed by atoms with Crippen molar-refractivity contribution < 1.29 is 4.74 Å². The zero-order chi connectivity index (χ0) is 13.3. The Labute approximate surface area is 108 Å². The summed E-state index contributed by atoms with van der Waals surface area (Å²) < 4.78 is 5.13. The number of nitrogens with zero attached hydrogens (tertiary/aromatic N) is 3. The van der Waals surface area contributed by atoms with Gasteiger partial charge in [-0.1, -0.05) is 20.8 Å². The van der Waals surface area contributed by atoms with E-state index in [4.69, 9.17) is 10.5 Å². The molecule has 1 unspecified atom stereocenters. The van der Waals surface area contributed by atoms with Gasteiger partial charge in [0.25, 0.3) is 0 Å². The Morgan fingerprint density at radius 2 is 2.11 bits per heavy atom. The first-order valence-electron chi connectivity index (χ1n) is 6.33. The van der Waals surface area contributed by atoms with E-state index in [0.29, 0.717) is 17.2 Å². The predicted octanol–water partition coefficient (Wildman–Crippen LogP) is 1.94. The molecule has 1 aliphatic rings. The highest BCUT2D eigenvalue weighted by Gasteiger charge is 2.32. The van der Waals surface area contributed by atoms with E-state index in [2.05, 4.69) is 35.6 Å². The SMILES string of the molecule is COc1cc(N2CCC(C(C)(C)C)C2)nc(N)n1. The van der Waals surface area contributed by atoms with E-state index in [1.807, 2.05) is 6.07 Å². The first kappa shape index (κ1) is 12.9. The smallest absolute Gasteiger partial charge is 0.225 e. The maximum Gasteiger partial charge on any atom is 0.225 e. The highest BCUT2D eigenvalue weighted by atomic mass is 16.5. The van der Waals surface area contributed by atoms with Crippen LogP contribution in [0.3, 0.4) is 0 Å². The van der Waals surface area contributed by atoms with Gasteiger partial charge in [0.15, 0.2) is 0 Å². The molecule has 0 spiro atoms. The monoisotopic (exact) mass is 250 g/mol. The minimum atomic E-state index is 0.267. The molecule has 1 fully saturated rings. The topological polar surface area (TPSA) is 64.3 Å². The quantitative estimate of drug-likeness (QED) is 0.869. The van der Waals surface area contributed by atoms with Crippen LogP contribution in [0.1, 0.15) is 27.2 Å². The number of hydrogen-bond donors (Lipinski definition) is 1. The standard InChI is InChI=1S/C13H22N4O/c1-13(2,3)9-5-6-17(8-9)10-7-11(18-4)16-12(14)15-10/h7,9H,5-6,8H2,1-4H3,(H2,14,15,16). The summed E-state index contributed by atoms with van der Waals surface area (Å²) in [6.07, 6.45) is 1.19. The van der Waals surface area contributed by atoms with Crippen molar-refractivity contribution in [1.29, 1.82) is 0 Å². The van der Waals surface area contributed by atoms with Gasteiger partial charge in [0.1, 0.15) is 5.82 Å². The van der Waals surface area contributed by atoms with Crippen molar-refractivity contribution in [3.63, 3.8) is 0 Å². The average molecular weight is 250 g/mol. The van der Waals surface area contributed by atoms with E-state index in [0.717, 1.165) is 18.9 Å². The van der Waals surface area contributed by atoms with Crippen molar-refractivity contribution in [3.05, 3.63) is 6.07 Å². The summed E-state index contributed by atoms with van der Waals surface area (Å²) in [6.45, 7) is 8.90. The van der Waals surface area contributed by atoms with Crippen LogP contribution >= 0.6 is 0 Å². The zero-order valence-electron chi connectivity index (χ0n) is 11.6. The number of nitrogen functional groups attached to an aromatic ring is 1. The number of anilines is 2. The van der Waals surface area contributed by atoms with Crippen LogP contribution in [-0.4, -0.2) is 30.2 Å². The molecule has 0 bridgehead atoms. The fourth-order valence-corrected chi connectivity index (χ4v) is 2.37. The number of aromatic nitrogens is 2. The van der Waals surface area contributed by atoms with Gasteiger partial charge in [0.05, 0.1) is 7.11 Å². The Bertz CT molecular complexity index is 427. The van der Waals surface area contributed by atoms with Crippen molar-refractivity contribution in [3.8, 4) is 5.88 Å². The number of ether oxygens (including phenoxy) is 1. The fourth-order valence-electron chi connectivity index (χ4n) is 2.37. The van der Waals surface area contributed by atoms with Crippen LogP contribution in [0, 0.1) is 11.3 Å². The van der Waals surface area contributed by atoms with Crippen molar-refractivity contribution in [2.75, 3.05) is 30.8 Å². The van der Waals surface area contributed by atoms with Crippen molar-refractivity contribution in [2.24, 2.45) is 11.3 Å². The Balaban J connectivity index is 2.16. The second-order valence-electron chi connectivity index (χ2n) is 5.92. The number of nitrogens with two attached hydrogens (primary N) is 1. The highest BCUT2D eigenvalue weighted by Crippen LogP contribution is 2.35. The lowest BCUT2D eigenvalue weighted by Crippen LogP contribution is -2.26. The molecule has 0 amide bonds. The fraction of sp³-hybridized carbons (Fsp3) is 0.692. The van der Waals surface area contributed by atoms with Gasteiger partial charge in [-0.25, -0.2) is 0 Å². The van der Waals surface area contributed by atoms with E-state index < -0.39 is 0 Å². The average Bonchev–Trinajstić information content (AvgIpc) is 2.77. The van der Waals surface area contributed by atoms with Crippen LogP contribution in [0.2, 0.25) is 0 Å². The Kier molecular flexibility index (Phi) is 3.32. The summed E-state index contributed by atoms with van der Waals surface area (Å²) in [6, 6.07) is 1.85. The summed E-state index contributed by atoms with van der Waals surface area (Å²) in [7, 11) is 1.59. The summed E-state index contributed by atoms with van der Waals surface area (Å²) in [5, 5.41) is 0. The first-order chi connectivity index (χ1) is 8.40. The van der Waals surface area contributed by atoms with Gasteiger partial charge in [-0.3, -0.25) is 0 Å². The molecule has 0 saturated carbocycles. The summed E-state index contributed by atoms with van der Waals surface area (Å²) >= 11 is 0. The van der Waals surface area contributed by atoms with Gasteiger partial charge in [0, 0.05) is 19.2 Å². The molecule has 1 aromatic heterocycles. The van der Waals surface area contributed by atoms with Gasteiger partial charge in [-0.15, -0.1) is 0 Å². The Hall–Kier alpha value is -1.52. The predicted molar refractivity (Wildman–Crippen MR) is 72.8 cm³/mol. The molecule has 0 radical (unpaired) electrons. The first-order valence-corrected chi connectivity index (χ1v) is 6.33. The number of rotatable bonds is 2. The Morgan fingerprint density at radius 3 is 2.67 bits per heavy atom. The number of methoxy groups -OCH3 is 1. The molecule has 0 aromatic carbocycles. The second-order valence-corrected chi connectivity index (χ2v) is 5.92. The molecule has 100 valence electrons. The third kappa shape index (κ3) is 2.66. The van der Waals surface area contributed by atoms with E-state index in [1.54, 1.807) is 7.11 Å². The number of hydrogen-bond acceptors (Lipinski definition) is 5. The van der Waals surface area contributed by atoms with Crippen LogP contribution < -0.4 is 15.4 Å².